The number of piperazine rings is 1. The molecule has 0 spiro atoms. The molecular formula is C20H31N5. The van der Waals surface area contributed by atoms with Crippen molar-refractivity contribution in [3.8, 4) is 0 Å². The summed E-state index contributed by atoms with van der Waals surface area (Å²) in [6.07, 6.45) is 10.2. The molecule has 0 aromatic carbocycles. The number of aromatic nitrogens is 2. The number of pyridine rings is 1. The monoisotopic (exact) mass is 341 g/mol. The van der Waals surface area contributed by atoms with E-state index in [1.165, 1.54) is 76.3 Å². The molecule has 2 aromatic rings. The molecular weight excluding hydrogens is 310 g/mol. The van der Waals surface area contributed by atoms with E-state index in [0.29, 0.717) is 0 Å². The summed E-state index contributed by atoms with van der Waals surface area (Å²) in [6, 6.07) is 2.20. The number of fused-ring (bicyclic) bond motifs is 1. The first-order valence-corrected chi connectivity index (χ1v) is 9.78. The van der Waals surface area contributed by atoms with Crippen molar-refractivity contribution in [2.75, 3.05) is 57.8 Å². The maximum atomic E-state index is 4.39. The highest BCUT2D eigenvalue weighted by Crippen LogP contribution is 2.28. The quantitative estimate of drug-likeness (QED) is 0.854. The van der Waals surface area contributed by atoms with Gasteiger partial charge in [-0.05, 0) is 57.3 Å². The van der Waals surface area contributed by atoms with Crippen molar-refractivity contribution in [1.82, 2.24) is 19.2 Å². The van der Waals surface area contributed by atoms with Crippen molar-refractivity contribution < 1.29 is 0 Å². The lowest BCUT2D eigenvalue weighted by molar-refractivity contribution is 0.144. The Hall–Kier alpha value is -1.59. The molecule has 0 N–H and O–H groups in total. The lowest BCUT2D eigenvalue weighted by Gasteiger charge is -2.36. The van der Waals surface area contributed by atoms with Gasteiger partial charge in [0.15, 0.2) is 0 Å². The van der Waals surface area contributed by atoms with E-state index in [2.05, 4.69) is 50.3 Å². The van der Waals surface area contributed by atoms with Crippen molar-refractivity contribution in [1.29, 1.82) is 0 Å². The van der Waals surface area contributed by atoms with Gasteiger partial charge in [0.2, 0.25) is 0 Å². The predicted molar refractivity (Wildman–Crippen MR) is 103 cm³/mol. The maximum Gasteiger partial charge on any atom is 0.137 e. The smallest absolute Gasteiger partial charge is 0.137 e. The number of hydrogen-bond acceptors (Lipinski definition) is 4. The molecule has 0 radical (unpaired) electrons. The second-order valence-electron chi connectivity index (χ2n) is 7.90. The van der Waals surface area contributed by atoms with Crippen molar-refractivity contribution in [2.24, 2.45) is 5.92 Å². The Bertz CT molecular complexity index is 693. The normalized spacial score (nSPS) is 21.3. The number of rotatable bonds is 4. The van der Waals surface area contributed by atoms with Crippen LogP contribution < -0.4 is 4.90 Å². The zero-order chi connectivity index (χ0) is 17.2. The van der Waals surface area contributed by atoms with Crippen LogP contribution in [0.25, 0.3) is 5.65 Å². The molecule has 136 valence electrons. The van der Waals surface area contributed by atoms with Gasteiger partial charge in [0, 0.05) is 57.9 Å². The van der Waals surface area contributed by atoms with E-state index < -0.39 is 0 Å². The maximum absolute atomic E-state index is 4.39. The fourth-order valence-corrected chi connectivity index (χ4v) is 4.28. The first-order valence-electron chi connectivity index (χ1n) is 9.78. The van der Waals surface area contributed by atoms with Gasteiger partial charge < -0.3 is 19.1 Å². The molecule has 0 bridgehead atoms. The minimum Gasteiger partial charge on any atom is -0.370 e. The molecule has 25 heavy (non-hydrogen) atoms. The van der Waals surface area contributed by atoms with E-state index in [0.717, 1.165) is 11.6 Å². The van der Waals surface area contributed by atoms with E-state index in [1.54, 1.807) is 0 Å². The molecule has 0 atom stereocenters. The summed E-state index contributed by atoms with van der Waals surface area (Å²) in [7, 11) is 2.23. The molecule has 2 aromatic heterocycles. The first kappa shape index (κ1) is 16.9. The first-order chi connectivity index (χ1) is 12.2. The lowest BCUT2D eigenvalue weighted by atomic mass is 9.92. The highest BCUT2D eigenvalue weighted by molar-refractivity contribution is 5.58. The molecule has 4 heterocycles. The van der Waals surface area contributed by atoms with Crippen LogP contribution in [-0.4, -0.2) is 72.0 Å². The molecule has 0 unspecified atom stereocenters. The summed E-state index contributed by atoms with van der Waals surface area (Å²) in [5.41, 5.74) is 3.76. The van der Waals surface area contributed by atoms with Gasteiger partial charge in [0.25, 0.3) is 0 Å². The molecule has 2 fully saturated rings. The molecule has 0 saturated carbocycles. The van der Waals surface area contributed by atoms with Gasteiger partial charge in [-0.2, -0.15) is 0 Å². The van der Waals surface area contributed by atoms with Crippen molar-refractivity contribution >= 4 is 11.3 Å². The predicted octanol–water partition coefficient (Wildman–Crippen LogP) is 2.50. The largest absolute Gasteiger partial charge is 0.370 e. The van der Waals surface area contributed by atoms with E-state index in [4.69, 9.17) is 0 Å². The van der Waals surface area contributed by atoms with Crippen molar-refractivity contribution in [3.63, 3.8) is 0 Å². The third kappa shape index (κ3) is 3.82. The number of piperidine rings is 1. The van der Waals surface area contributed by atoms with Crippen LogP contribution in [0.4, 0.5) is 5.69 Å². The summed E-state index contributed by atoms with van der Waals surface area (Å²) < 4.78 is 2.14. The Balaban J connectivity index is 1.29. The van der Waals surface area contributed by atoms with Crippen molar-refractivity contribution in [2.45, 2.75) is 26.2 Å². The Labute approximate surface area is 151 Å². The van der Waals surface area contributed by atoms with Crippen LogP contribution in [0.5, 0.6) is 0 Å². The van der Waals surface area contributed by atoms with Gasteiger partial charge >= 0.3 is 0 Å². The van der Waals surface area contributed by atoms with Gasteiger partial charge in [-0.15, -0.1) is 0 Å². The van der Waals surface area contributed by atoms with Crippen LogP contribution in [-0.2, 0) is 0 Å². The van der Waals surface area contributed by atoms with Gasteiger partial charge in [-0.25, -0.2) is 4.98 Å². The van der Waals surface area contributed by atoms with Crippen LogP contribution in [0.2, 0.25) is 0 Å². The summed E-state index contributed by atoms with van der Waals surface area (Å²) >= 11 is 0. The molecule has 5 heteroatoms. The second kappa shape index (κ2) is 7.34. The van der Waals surface area contributed by atoms with E-state index in [9.17, 15) is 0 Å². The molecule has 0 amide bonds. The number of anilines is 1. The van der Waals surface area contributed by atoms with E-state index in [1.807, 2.05) is 12.4 Å². The second-order valence-corrected chi connectivity index (χ2v) is 7.90. The molecule has 4 rings (SSSR count). The van der Waals surface area contributed by atoms with Crippen LogP contribution >= 0.6 is 0 Å². The Morgan fingerprint density at radius 3 is 2.60 bits per heavy atom. The van der Waals surface area contributed by atoms with Gasteiger partial charge in [-0.1, -0.05) is 0 Å². The van der Waals surface area contributed by atoms with Crippen LogP contribution in [0.15, 0.2) is 24.7 Å². The topological polar surface area (TPSA) is 27.0 Å². The summed E-state index contributed by atoms with van der Waals surface area (Å²) in [5, 5.41) is 0. The highest BCUT2D eigenvalue weighted by Gasteiger charge is 2.22. The Kier molecular flexibility index (Phi) is 4.95. The van der Waals surface area contributed by atoms with E-state index in [-0.39, 0.29) is 0 Å². The SMILES string of the molecule is Cc1cc2nccn2cc1N1CCC(CCN2CCN(C)CC2)CC1. The summed E-state index contributed by atoms with van der Waals surface area (Å²) in [4.78, 5) is 12.1. The number of nitrogens with zero attached hydrogens (tertiary/aromatic N) is 5. The van der Waals surface area contributed by atoms with Crippen LogP contribution in [0.1, 0.15) is 24.8 Å². The number of likely N-dealkylation sites (N-methyl/N-ethyl adjacent to an activating group) is 1. The van der Waals surface area contributed by atoms with Gasteiger partial charge in [-0.3, -0.25) is 0 Å². The molecule has 2 aliphatic rings. The lowest BCUT2D eigenvalue weighted by Crippen LogP contribution is -2.45. The van der Waals surface area contributed by atoms with Gasteiger partial charge in [0.1, 0.15) is 5.65 Å². The molecule has 5 nitrogen and oxygen atoms in total. The Morgan fingerprint density at radius 1 is 1.08 bits per heavy atom. The molecule has 2 aliphatic heterocycles. The van der Waals surface area contributed by atoms with Gasteiger partial charge in [0.05, 0.1) is 5.69 Å². The third-order valence-electron chi connectivity index (χ3n) is 6.11. The fourth-order valence-electron chi connectivity index (χ4n) is 4.28. The number of aryl methyl sites for hydroxylation is 1. The number of hydrogen-bond donors (Lipinski definition) is 0. The van der Waals surface area contributed by atoms with Crippen LogP contribution in [0.3, 0.4) is 0 Å². The standard InChI is InChI=1S/C20H31N5/c1-17-15-20-21-6-10-25(20)16-19(17)24-8-4-18(5-9-24)3-7-23-13-11-22(2)12-14-23/h6,10,15-16,18H,3-5,7-9,11-14H2,1-2H3. The average Bonchev–Trinajstić information content (AvgIpc) is 3.08. The van der Waals surface area contributed by atoms with Crippen molar-refractivity contribution in [3.05, 3.63) is 30.2 Å². The molecule has 2 saturated heterocycles. The average molecular weight is 342 g/mol. The molecule has 0 aliphatic carbocycles. The summed E-state index contributed by atoms with van der Waals surface area (Å²) in [5.74, 6) is 0.896. The zero-order valence-electron chi connectivity index (χ0n) is 15.7. The van der Waals surface area contributed by atoms with E-state index >= 15 is 0 Å². The Morgan fingerprint density at radius 2 is 1.84 bits per heavy atom. The minimum absolute atomic E-state index is 0.896. The highest BCUT2D eigenvalue weighted by atomic mass is 15.2. The minimum atomic E-state index is 0.896. The fraction of sp³-hybridized carbons (Fsp3) is 0.650. The van der Waals surface area contributed by atoms with Crippen LogP contribution in [0, 0.1) is 12.8 Å². The number of imidazole rings is 1. The zero-order valence-corrected chi connectivity index (χ0v) is 15.7. The third-order valence-corrected chi connectivity index (χ3v) is 6.11. The summed E-state index contributed by atoms with van der Waals surface area (Å²) in [6.45, 7) is 10.8.